The van der Waals surface area contributed by atoms with E-state index in [4.69, 9.17) is 5.73 Å². The number of aryl methyl sites for hydroxylation is 1. The van der Waals surface area contributed by atoms with Crippen molar-refractivity contribution in [2.75, 3.05) is 11.1 Å². The molecule has 1 aromatic carbocycles. The molecule has 0 aliphatic rings. The monoisotopic (exact) mass is 300 g/mol. The van der Waals surface area contributed by atoms with Gasteiger partial charge in [-0.25, -0.2) is 4.39 Å². The molecule has 0 unspecified atom stereocenters. The predicted octanol–water partition coefficient (Wildman–Crippen LogP) is 2.00. The minimum absolute atomic E-state index is 0.0224. The Labute approximate surface area is 117 Å². The first-order valence-corrected chi connectivity index (χ1v) is 5.71. The number of alkyl halides is 2. The topological polar surface area (TPSA) is 82.2 Å². The van der Waals surface area contributed by atoms with Gasteiger partial charge >= 0.3 is 6.61 Å². The van der Waals surface area contributed by atoms with Gasteiger partial charge in [0.05, 0.1) is 5.69 Å². The van der Waals surface area contributed by atoms with Crippen LogP contribution < -0.4 is 15.8 Å². The van der Waals surface area contributed by atoms with E-state index < -0.39 is 24.1 Å². The van der Waals surface area contributed by atoms with E-state index in [0.717, 1.165) is 12.1 Å². The highest BCUT2D eigenvalue weighted by molar-refractivity contribution is 6.06. The third-order valence-electron chi connectivity index (χ3n) is 2.48. The molecule has 21 heavy (non-hydrogen) atoms. The number of nitrogen functional groups attached to an aromatic ring is 1. The minimum atomic E-state index is -3.13. The van der Waals surface area contributed by atoms with Crippen LogP contribution in [0.15, 0.2) is 24.4 Å². The van der Waals surface area contributed by atoms with Crippen molar-refractivity contribution in [3.05, 3.63) is 35.9 Å². The lowest BCUT2D eigenvalue weighted by atomic mass is 10.2. The summed E-state index contributed by atoms with van der Waals surface area (Å²) in [6, 6.07) is 3.06. The first kappa shape index (κ1) is 14.7. The molecule has 0 aliphatic heterocycles. The number of benzene rings is 1. The average molecular weight is 300 g/mol. The molecule has 0 radical (unpaired) electrons. The summed E-state index contributed by atoms with van der Waals surface area (Å²) in [4.78, 5) is 11.9. The third-order valence-corrected chi connectivity index (χ3v) is 2.48. The Hall–Kier alpha value is -2.71. The van der Waals surface area contributed by atoms with Gasteiger partial charge in [-0.15, -0.1) is 0 Å². The smallest absolute Gasteiger partial charge is 0.387 e. The molecular weight excluding hydrogens is 289 g/mol. The molecule has 0 saturated heterocycles. The van der Waals surface area contributed by atoms with Gasteiger partial charge in [-0.1, -0.05) is 0 Å². The van der Waals surface area contributed by atoms with E-state index in [1.54, 1.807) is 7.05 Å². The number of halogens is 3. The first-order valence-electron chi connectivity index (χ1n) is 5.71. The van der Waals surface area contributed by atoms with Crippen molar-refractivity contribution in [2.45, 2.75) is 6.61 Å². The van der Waals surface area contributed by atoms with E-state index in [0.29, 0.717) is 0 Å². The highest BCUT2D eigenvalue weighted by Gasteiger charge is 2.16. The van der Waals surface area contributed by atoms with Crippen molar-refractivity contribution in [2.24, 2.45) is 7.05 Å². The van der Waals surface area contributed by atoms with E-state index in [1.165, 1.54) is 16.9 Å². The fraction of sp³-hybridized carbons (Fsp3) is 0.167. The number of carbonyl (C=O) groups excluding carboxylic acids is 1. The zero-order chi connectivity index (χ0) is 15.6. The Morgan fingerprint density at radius 1 is 1.48 bits per heavy atom. The van der Waals surface area contributed by atoms with Crippen molar-refractivity contribution >= 4 is 17.3 Å². The van der Waals surface area contributed by atoms with Gasteiger partial charge in [0.25, 0.3) is 5.91 Å². The Kier molecular flexibility index (Phi) is 4.01. The van der Waals surface area contributed by atoms with Gasteiger partial charge in [0, 0.05) is 25.0 Å². The van der Waals surface area contributed by atoms with Crippen LogP contribution in [0.25, 0.3) is 0 Å². The third kappa shape index (κ3) is 3.44. The maximum absolute atomic E-state index is 13.5. The Morgan fingerprint density at radius 2 is 2.19 bits per heavy atom. The maximum atomic E-state index is 13.5. The van der Waals surface area contributed by atoms with Gasteiger partial charge in [0.15, 0.2) is 17.3 Å². The number of rotatable bonds is 4. The van der Waals surface area contributed by atoms with E-state index in [2.05, 4.69) is 15.2 Å². The summed E-state index contributed by atoms with van der Waals surface area (Å²) in [5, 5.41) is 6.20. The number of nitrogens with zero attached hydrogens (tertiary/aromatic N) is 2. The molecule has 0 aliphatic carbocycles. The number of ether oxygens (including phenoxy) is 1. The van der Waals surface area contributed by atoms with Crippen LogP contribution >= 0.6 is 0 Å². The van der Waals surface area contributed by atoms with Crippen LogP contribution in [-0.4, -0.2) is 22.3 Å². The summed E-state index contributed by atoms with van der Waals surface area (Å²) in [5.74, 6) is -2.28. The van der Waals surface area contributed by atoms with E-state index in [-0.39, 0.29) is 17.1 Å². The number of hydrogen-bond donors (Lipinski definition) is 2. The van der Waals surface area contributed by atoms with Crippen LogP contribution in [0.4, 0.5) is 24.5 Å². The molecule has 112 valence electrons. The number of nitrogens with two attached hydrogens (primary N) is 1. The standard InChI is InChI=1S/C12H11F3N4O2/c1-19-5-8(16)10(18-19)11(20)17-6-2-3-9(7(13)4-6)21-12(14)15/h2-5,12H,16H2,1H3,(H,17,20). The molecule has 2 rings (SSSR count). The highest BCUT2D eigenvalue weighted by Crippen LogP contribution is 2.23. The summed E-state index contributed by atoms with van der Waals surface area (Å²) >= 11 is 0. The fourth-order valence-electron chi connectivity index (χ4n) is 1.64. The van der Waals surface area contributed by atoms with Gasteiger partial charge in [-0.2, -0.15) is 13.9 Å². The lowest BCUT2D eigenvalue weighted by Crippen LogP contribution is -2.15. The van der Waals surface area contributed by atoms with Crippen LogP contribution in [0.5, 0.6) is 5.75 Å². The van der Waals surface area contributed by atoms with Crippen LogP contribution in [-0.2, 0) is 7.05 Å². The highest BCUT2D eigenvalue weighted by atomic mass is 19.3. The molecule has 0 atom stereocenters. The molecule has 2 aromatic rings. The SMILES string of the molecule is Cn1cc(N)c(C(=O)Nc2ccc(OC(F)F)c(F)c2)n1. The zero-order valence-electron chi connectivity index (χ0n) is 10.8. The Bertz CT molecular complexity index is 673. The first-order chi connectivity index (χ1) is 9.86. The normalized spacial score (nSPS) is 10.7. The van der Waals surface area contributed by atoms with Crippen LogP contribution in [0, 0.1) is 5.82 Å². The second kappa shape index (κ2) is 5.73. The van der Waals surface area contributed by atoms with Gasteiger partial charge in [-0.05, 0) is 12.1 Å². The summed E-state index contributed by atoms with van der Waals surface area (Å²) < 4.78 is 42.8. The van der Waals surface area contributed by atoms with Crippen LogP contribution in [0.3, 0.4) is 0 Å². The van der Waals surface area contributed by atoms with Crippen molar-refractivity contribution in [3.63, 3.8) is 0 Å². The molecule has 0 saturated carbocycles. The van der Waals surface area contributed by atoms with Gasteiger partial charge < -0.3 is 15.8 Å². The lowest BCUT2D eigenvalue weighted by molar-refractivity contribution is -0.0521. The number of anilines is 2. The molecule has 0 fully saturated rings. The molecule has 0 bridgehead atoms. The van der Waals surface area contributed by atoms with Crippen molar-refractivity contribution in [3.8, 4) is 5.75 Å². The van der Waals surface area contributed by atoms with Gasteiger partial charge in [0.1, 0.15) is 0 Å². The summed E-state index contributed by atoms with van der Waals surface area (Å²) in [5.41, 5.74) is 5.78. The van der Waals surface area contributed by atoms with Crippen LogP contribution in [0.2, 0.25) is 0 Å². The van der Waals surface area contributed by atoms with E-state index in [1.807, 2.05) is 0 Å². The predicted molar refractivity (Wildman–Crippen MR) is 68.6 cm³/mol. The van der Waals surface area contributed by atoms with Crippen LogP contribution in [0.1, 0.15) is 10.5 Å². The van der Waals surface area contributed by atoms with Crippen molar-refractivity contribution < 1.29 is 22.7 Å². The number of aromatic nitrogens is 2. The molecule has 9 heteroatoms. The minimum Gasteiger partial charge on any atom is -0.432 e. The Morgan fingerprint density at radius 3 is 2.71 bits per heavy atom. The van der Waals surface area contributed by atoms with Gasteiger partial charge in [-0.3, -0.25) is 9.48 Å². The summed E-state index contributed by atoms with van der Waals surface area (Å²) in [6.07, 6.45) is 1.44. The molecule has 1 amide bonds. The number of nitrogens with one attached hydrogen (secondary N) is 1. The second-order valence-corrected chi connectivity index (χ2v) is 4.08. The van der Waals surface area contributed by atoms with Crippen molar-refractivity contribution in [1.82, 2.24) is 9.78 Å². The average Bonchev–Trinajstić information content (AvgIpc) is 2.71. The van der Waals surface area contributed by atoms with E-state index >= 15 is 0 Å². The molecule has 1 aromatic heterocycles. The quantitative estimate of drug-likeness (QED) is 0.904. The molecule has 1 heterocycles. The lowest BCUT2D eigenvalue weighted by Gasteiger charge is -2.08. The number of hydrogen-bond acceptors (Lipinski definition) is 4. The zero-order valence-corrected chi connectivity index (χ0v) is 10.8. The largest absolute Gasteiger partial charge is 0.432 e. The Balaban J connectivity index is 2.15. The van der Waals surface area contributed by atoms with Gasteiger partial charge in [0.2, 0.25) is 0 Å². The number of amides is 1. The molecule has 0 spiro atoms. The summed E-state index contributed by atoms with van der Waals surface area (Å²) in [7, 11) is 1.59. The number of carbonyl (C=O) groups is 1. The second-order valence-electron chi connectivity index (χ2n) is 4.08. The molecule has 3 N–H and O–H groups in total. The van der Waals surface area contributed by atoms with Crippen molar-refractivity contribution in [1.29, 1.82) is 0 Å². The molecular formula is C12H11F3N4O2. The maximum Gasteiger partial charge on any atom is 0.387 e. The fourth-order valence-corrected chi connectivity index (χ4v) is 1.64. The summed E-state index contributed by atoms with van der Waals surface area (Å²) in [6.45, 7) is -3.13. The van der Waals surface area contributed by atoms with E-state index in [9.17, 15) is 18.0 Å². The molecule has 6 nitrogen and oxygen atoms in total.